The third-order valence-electron chi connectivity index (χ3n) is 5.97. The number of hydrogen-bond donors (Lipinski definition) is 2. The van der Waals surface area contributed by atoms with Gasteiger partial charge in [-0.15, -0.1) is 0 Å². The van der Waals surface area contributed by atoms with Crippen LogP contribution in [0.1, 0.15) is 5.56 Å². The summed E-state index contributed by atoms with van der Waals surface area (Å²) in [5, 5.41) is 12.2. The van der Waals surface area contributed by atoms with Crippen molar-refractivity contribution in [3.05, 3.63) is 58.6 Å². The molecule has 172 valence electrons. The number of nitrogens with two attached hydrogens (primary N) is 1. The van der Waals surface area contributed by atoms with Crippen molar-refractivity contribution < 1.29 is 22.7 Å². The highest BCUT2D eigenvalue weighted by molar-refractivity contribution is 5.85. The van der Waals surface area contributed by atoms with E-state index < -0.39 is 42.3 Å². The van der Waals surface area contributed by atoms with Crippen molar-refractivity contribution in [2.45, 2.75) is 17.9 Å². The number of hydrogen-bond acceptors (Lipinski definition) is 6. The van der Waals surface area contributed by atoms with E-state index in [9.17, 15) is 23.6 Å². The number of fused-ring (bicyclic) bond motifs is 1. The number of carbonyl (C=O) groups excluding carboxylic acids is 1. The highest BCUT2D eigenvalue weighted by Gasteiger charge is 2.50. The van der Waals surface area contributed by atoms with E-state index >= 15 is 0 Å². The molecule has 1 aliphatic rings. The Morgan fingerprint density at radius 3 is 2.61 bits per heavy atom. The van der Waals surface area contributed by atoms with Crippen molar-refractivity contribution in [2.75, 3.05) is 19.7 Å². The van der Waals surface area contributed by atoms with Gasteiger partial charge in [-0.25, -0.2) is 13.6 Å². The van der Waals surface area contributed by atoms with Crippen LogP contribution in [0.15, 0.2) is 51.7 Å². The summed E-state index contributed by atoms with van der Waals surface area (Å²) in [6.45, 7) is -1.95. The van der Waals surface area contributed by atoms with Crippen LogP contribution in [0, 0.1) is 17.2 Å². The molecule has 2 atom stereocenters. The van der Waals surface area contributed by atoms with Crippen molar-refractivity contribution in [3.63, 3.8) is 0 Å². The summed E-state index contributed by atoms with van der Waals surface area (Å²) in [4.78, 5) is 23.9. The van der Waals surface area contributed by atoms with Crippen LogP contribution in [0.4, 0.5) is 8.78 Å². The molecule has 0 radical (unpaired) electrons. The van der Waals surface area contributed by atoms with E-state index in [1.165, 1.54) is 4.57 Å². The first-order valence-corrected chi connectivity index (χ1v) is 10.3. The highest BCUT2D eigenvalue weighted by Crippen LogP contribution is 2.31. The average molecular weight is 456 g/mol. The van der Waals surface area contributed by atoms with Gasteiger partial charge in [0.1, 0.15) is 6.61 Å². The molecule has 0 bridgehead atoms. The number of aromatic nitrogens is 1. The number of ether oxygens (including phenoxy) is 1. The predicted molar refractivity (Wildman–Crippen MR) is 115 cm³/mol. The number of benzene rings is 2. The lowest BCUT2D eigenvalue weighted by Crippen LogP contribution is -2.57. The van der Waals surface area contributed by atoms with E-state index in [1.54, 1.807) is 25.2 Å². The second-order valence-corrected chi connectivity index (χ2v) is 8.19. The molecule has 4 rings (SSSR count). The molecule has 10 heteroatoms. The summed E-state index contributed by atoms with van der Waals surface area (Å²) in [5.74, 6) is -5.65. The molecule has 1 saturated heterocycles. The van der Waals surface area contributed by atoms with Crippen molar-refractivity contribution in [3.8, 4) is 17.2 Å². The lowest BCUT2D eigenvalue weighted by atomic mass is 9.82. The van der Waals surface area contributed by atoms with Gasteiger partial charge in [-0.3, -0.25) is 9.36 Å². The summed E-state index contributed by atoms with van der Waals surface area (Å²) in [7, 11) is 1.62. The van der Waals surface area contributed by atoms with Gasteiger partial charge in [0, 0.05) is 13.6 Å². The van der Waals surface area contributed by atoms with Gasteiger partial charge >= 0.3 is 5.76 Å². The zero-order valence-corrected chi connectivity index (χ0v) is 17.8. The van der Waals surface area contributed by atoms with Gasteiger partial charge in [0.2, 0.25) is 0 Å². The van der Waals surface area contributed by atoms with Crippen LogP contribution >= 0.6 is 0 Å². The SMILES string of the molecule is Cn1c(=O)oc2ccc(-c3ccc(CC(C#N)[C@@]4(C(N)=O)CNCC(F)(F)CO4)cc3)cc21. The number of nitrogens with one attached hydrogen (secondary N) is 1. The fourth-order valence-electron chi connectivity index (χ4n) is 4.01. The Labute approximate surface area is 187 Å². The van der Waals surface area contributed by atoms with Gasteiger partial charge in [-0.1, -0.05) is 30.3 Å². The molecule has 1 aliphatic heterocycles. The molecule has 0 aliphatic carbocycles. The van der Waals surface area contributed by atoms with E-state index in [-0.39, 0.29) is 13.0 Å². The van der Waals surface area contributed by atoms with E-state index in [2.05, 4.69) is 5.32 Å². The molecule has 1 unspecified atom stereocenters. The van der Waals surface area contributed by atoms with Crippen molar-refractivity contribution >= 4 is 17.0 Å². The Morgan fingerprint density at radius 1 is 1.24 bits per heavy atom. The lowest BCUT2D eigenvalue weighted by Gasteiger charge is -2.33. The number of aryl methyl sites for hydroxylation is 1. The molecule has 3 aromatic rings. The number of alkyl halides is 2. The van der Waals surface area contributed by atoms with Crippen LogP contribution in [0.3, 0.4) is 0 Å². The zero-order valence-electron chi connectivity index (χ0n) is 17.8. The average Bonchev–Trinajstić information content (AvgIpc) is 2.96. The van der Waals surface area contributed by atoms with Crippen LogP contribution in [0.5, 0.6) is 0 Å². The monoisotopic (exact) mass is 456 g/mol. The molecule has 1 fully saturated rings. The van der Waals surface area contributed by atoms with E-state index in [0.717, 1.165) is 11.1 Å². The van der Waals surface area contributed by atoms with Gasteiger partial charge in [-0.05, 0) is 35.2 Å². The Balaban J connectivity index is 1.58. The molecule has 1 amide bonds. The molecular weight excluding hydrogens is 434 g/mol. The third kappa shape index (κ3) is 4.25. The number of primary amides is 1. The zero-order chi connectivity index (χ0) is 23.8. The highest BCUT2D eigenvalue weighted by atomic mass is 19.3. The van der Waals surface area contributed by atoms with Gasteiger partial charge in [0.25, 0.3) is 11.8 Å². The largest absolute Gasteiger partial charge is 0.419 e. The summed E-state index contributed by atoms with van der Waals surface area (Å²) in [6, 6.07) is 14.6. The summed E-state index contributed by atoms with van der Waals surface area (Å²) >= 11 is 0. The van der Waals surface area contributed by atoms with Gasteiger partial charge < -0.3 is 20.2 Å². The first kappa shape index (κ1) is 22.6. The summed E-state index contributed by atoms with van der Waals surface area (Å²) in [6.07, 6.45) is 0.0856. The first-order chi connectivity index (χ1) is 15.6. The van der Waals surface area contributed by atoms with Crippen molar-refractivity contribution in [1.29, 1.82) is 5.26 Å². The second-order valence-electron chi connectivity index (χ2n) is 8.19. The van der Waals surface area contributed by atoms with Gasteiger partial charge in [0.15, 0.2) is 11.2 Å². The Bertz CT molecular complexity index is 1290. The first-order valence-electron chi connectivity index (χ1n) is 10.3. The number of nitrogens with zero attached hydrogens (tertiary/aromatic N) is 2. The van der Waals surface area contributed by atoms with Crippen LogP contribution in [0.2, 0.25) is 0 Å². The predicted octanol–water partition coefficient (Wildman–Crippen LogP) is 1.96. The molecule has 8 nitrogen and oxygen atoms in total. The number of nitriles is 1. The Hall–Kier alpha value is -3.55. The summed E-state index contributed by atoms with van der Waals surface area (Å²) in [5.41, 5.74) is 7.22. The quantitative estimate of drug-likeness (QED) is 0.605. The molecule has 1 aromatic heterocycles. The van der Waals surface area contributed by atoms with Crippen LogP contribution in [-0.4, -0.2) is 41.7 Å². The summed E-state index contributed by atoms with van der Waals surface area (Å²) < 4.78 is 39.4. The van der Waals surface area contributed by atoms with Crippen molar-refractivity contribution in [2.24, 2.45) is 18.7 Å². The Morgan fingerprint density at radius 2 is 1.94 bits per heavy atom. The van der Waals surface area contributed by atoms with Crippen LogP contribution in [-0.2, 0) is 23.0 Å². The molecule has 2 heterocycles. The lowest BCUT2D eigenvalue weighted by molar-refractivity contribution is -0.159. The third-order valence-corrected chi connectivity index (χ3v) is 5.97. The molecular formula is C23H22F2N4O4. The molecule has 3 N–H and O–H groups in total. The number of carbonyl (C=O) groups is 1. The standard InChI is InChI=1S/C23H22F2N4O4/c1-29-18-9-16(6-7-19(18)33-21(29)31)15-4-2-14(3-5-15)8-17(10-26)23(20(27)30)12-28-11-22(24,25)13-32-23/h2-7,9,17,28H,8,11-13H2,1H3,(H2,27,30)/t17?,23-/m1/s1. The van der Waals surface area contributed by atoms with Crippen LogP contribution < -0.4 is 16.8 Å². The number of rotatable bonds is 5. The molecule has 0 spiro atoms. The van der Waals surface area contributed by atoms with E-state index in [1.807, 2.05) is 30.3 Å². The van der Waals surface area contributed by atoms with Gasteiger partial charge in [0.05, 0.1) is 24.0 Å². The smallest absolute Gasteiger partial charge is 0.408 e. The minimum absolute atomic E-state index is 0.0856. The minimum Gasteiger partial charge on any atom is -0.408 e. The molecule has 33 heavy (non-hydrogen) atoms. The number of oxazole rings is 1. The fraction of sp³-hybridized carbons (Fsp3) is 0.348. The number of halogens is 2. The number of amides is 1. The van der Waals surface area contributed by atoms with E-state index in [4.69, 9.17) is 14.9 Å². The topological polar surface area (TPSA) is 123 Å². The molecule has 0 saturated carbocycles. The maximum atomic E-state index is 13.7. The minimum atomic E-state index is -3.17. The van der Waals surface area contributed by atoms with E-state index in [0.29, 0.717) is 16.7 Å². The van der Waals surface area contributed by atoms with Gasteiger partial charge in [-0.2, -0.15) is 5.26 Å². The maximum absolute atomic E-state index is 13.7. The molecule has 2 aromatic carbocycles. The van der Waals surface area contributed by atoms with Crippen molar-refractivity contribution in [1.82, 2.24) is 9.88 Å². The second kappa shape index (κ2) is 8.42. The fourth-order valence-corrected chi connectivity index (χ4v) is 4.01. The van der Waals surface area contributed by atoms with Crippen LogP contribution in [0.25, 0.3) is 22.2 Å². The Kier molecular flexibility index (Phi) is 5.78. The normalized spacial score (nSPS) is 21.3. The maximum Gasteiger partial charge on any atom is 0.419 e.